The molecule has 0 spiro atoms. The standard InChI is InChI=1S/C14H28N4/c1-5-8-9-14(6-2,12-15-7-3)10-13-11-18(4)17-16-13/h11,15H,5-10,12H2,1-4H3. The van der Waals surface area contributed by atoms with Crippen LogP contribution in [-0.4, -0.2) is 28.1 Å². The van der Waals surface area contributed by atoms with Crippen LogP contribution >= 0.6 is 0 Å². The van der Waals surface area contributed by atoms with E-state index < -0.39 is 0 Å². The molecule has 1 heterocycles. The Morgan fingerprint density at radius 3 is 2.61 bits per heavy atom. The lowest BCUT2D eigenvalue weighted by molar-refractivity contribution is 0.228. The Labute approximate surface area is 111 Å². The van der Waals surface area contributed by atoms with Gasteiger partial charge in [0.1, 0.15) is 0 Å². The Balaban J connectivity index is 2.73. The number of aryl methyl sites for hydroxylation is 1. The molecule has 0 amide bonds. The number of hydrogen-bond donors (Lipinski definition) is 1. The van der Waals surface area contributed by atoms with Gasteiger partial charge >= 0.3 is 0 Å². The second-order valence-corrected chi connectivity index (χ2v) is 5.30. The van der Waals surface area contributed by atoms with Gasteiger partial charge in [0, 0.05) is 19.8 Å². The highest BCUT2D eigenvalue weighted by Crippen LogP contribution is 2.32. The average molecular weight is 252 g/mol. The van der Waals surface area contributed by atoms with Crippen molar-refractivity contribution in [1.29, 1.82) is 0 Å². The third-order valence-corrected chi connectivity index (χ3v) is 3.77. The Morgan fingerprint density at radius 2 is 2.11 bits per heavy atom. The minimum atomic E-state index is 0.335. The second-order valence-electron chi connectivity index (χ2n) is 5.30. The van der Waals surface area contributed by atoms with Crippen molar-refractivity contribution in [2.45, 2.75) is 52.9 Å². The summed E-state index contributed by atoms with van der Waals surface area (Å²) in [6.45, 7) is 8.84. The lowest BCUT2D eigenvalue weighted by Crippen LogP contribution is -2.36. The number of nitrogens with zero attached hydrogens (tertiary/aromatic N) is 3. The van der Waals surface area contributed by atoms with Crippen LogP contribution in [0.2, 0.25) is 0 Å². The molecule has 1 aromatic rings. The summed E-state index contributed by atoms with van der Waals surface area (Å²) >= 11 is 0. The molecule has 0 saturated heterocycles. The molecular weight excluding hydrogens is 224 g/mol. The third-order valence-electron chi connectivity index (χ3n) is 3.77. The lowest BCUT2D eigenvalue weighted by atomic mass is 9.76. The molecule has 0 radical (unpaired) electrons. The quantitative estimate of drug-likeness (QED) is 0.734. The van der Waals surface area contributed by atoms with E-state index >= 15 is 0 Å². The molecule has 1 rings (SSSR count). The largest absolute Gasteiger partial charge is 0.316 e. The van der Waals surface area contributed by atoms with Crippen LogP contribution in [0.4, 0.5) is 0 Å². The molecule has 0 saturated carbocycles. The predicted octanol–water partition coefficient (Wildman–Crippen LogP) is 2.55. The maximum absolute atomic E-state index is 4.25. The molecule has 1 N–H and O–H groups in total. The van der Waals surface area contributed by atoms with Crippen LogP contribution in [0.1, 0.15) is 52.1 Å². The van der Waals surface area contributed by atoms with Gasteiger partial charge in [0.05, 0.1) is 5.69 Å². The minimum Gasteiger partial charge on any atom is -0.316 e. The van der Waals surface area contributed by atoms with Gasteiger partial charge in [0.15, 0.2) is 0 Å². The molecule has 4 heteroatoms. The molecule has 0 fully saturated rings. The van der Waals surface area contributed by atoms with Gasteiger partial charge in [0.25, 0.3) is 0 Å². The molecule has 0 bridgehead atoms. The Bertz CT molecular complexity index is 324. The Hall–Kier alpha value is -0.900. The second kappa shape index (κ2) is 7.52. The smallest absolute Gasteiger partial charge is 0.0833 e. The molecule has 1 atom stereocenters. The van der Waals surface area contributed by atoms with Gasteiger partial charge in [-0.1, -0.05) is 38.8 Å². The summed E-state index contributed by atoms with van der Waals surface area (Å²) in [5.41, 5.74) is 1.45. The third kappa shape index (κ3) is 4.41. The van der Waals surface area contributed by atoms with E-state index in [1.54, 1.807) is 4.68 Å². The normalized spacial score (nSPS) is 14.7. The Kier molecular flexibility index (Phi) is 6.33. The van der Waals surface area contributed by atoms with E-state index in [0.717, 1.165) is 25.2 Å². The molecule has 0 aliphatic rings. The summed E-state index contributed by atoms with van der Waals surface area (Å²) in [5.74, 6) is 0. The van der Waals surface area contributed by atoms with Crippen molar-refractivity contribution in [3.8, 4) is 0 Å². The highest BCUT2D eigenvalue weighted by molar-refractivity contribution is 4.99. The fraction of sp³-hybridized carbons (Fsp3) is 0.857. The molecule has 4 nitrogen and oxygen atoms in total. The molecule has 0 aliphatic carbocycles. The molecule has 18 heavy (non-hydrogen) atoms. The number of hydrogen-bond acceptors (Lipinski definition) is 3. The first-order chi connectivity index (χ1) is 8.65. The van der Waals surface area contributed by atoms with Crippen LogP contribution in [0.3, 0.4) is 0 Å². The van der Waals surface area contributed by atoms with Crippen LogP contribution in [0, 0.1) is 5.41 Å². The molecule has 104 valence electrons. The monoisotopic (exact) mass is 252 g/mol. The highest BCUT2D eigenvalue weighted by Gasteiger charge is 2.28. The zero-order chi connectivity index (χ0) is 13.4. The van der Waals surface area contributed by atoms with Crippen molar-refractivity contribution >= 4 is 0 Å². The van der Waals surface area contributed by atoms with Crippen LogP contribution in [0.15, 0.2) is 6.20 Å². The van der Waals surface area contributed by atoms with Crippen molar-refractivity contribution in [2.24, 2.45) is 12.5 Å². The van der Waals surface area contributed by atoms with Gasteiger partial charge in [0.2, 0.25) is 0 Å². The van der Waals surface area contributed by atoms with Crippen molar-refractivity contribution in [3.63, 3.8) is 0 Å². The molecule has 1 aromatic heterocycles. The topological polar surface area (TPSA) is 42.7 Å². The van der Waals surface area contributed by atoms with Crippen LogP contribution in [0.5, 0.6) is 0 Å². The summed E-state index contributed by atoms with van der Waals surface area (Å²) in [5, 5.41) is 11.8. The van der Waals surface area contributed by atoms with E-state index in [9.17, 15) is 0 Å². The van der Waals surface area contributed by atoms with Gasteiger partial charge in [-0.25, -0.2) is 0 Å². The summed E-state index contributed by atoms with van der Waals surface area (Å²) in [7, 11) is 1.93. The van der Waals surface area contributed by atoms with Crippen molar-refractivity contribution in [3.05, 3.63) is 11.9 Å². The van der Waals surface area contributed by atoms with Crippen LogP contribution < -0.4 is 5.32 Å². The first-order valence-corrected chi connectivity index (χ1v) is 7.21. The van der Waals surface area contributed by atoms with E-state index in [-0.39, 0.29) is 0 Å². The van der Waals surface area contributed by atoms with Gasteiger partial charge in [-0.05, 0) is 31.2 Å². The van der Waals surface area contributed by atoms with Gasteiger partial charge in [-0.15, -0.1) is 5.10 Å². The van der Waals surface area contributed by atoms with E-state index in [4.69, 9.17) is 0 Å². The minimum absolute atomic E-state index is 0.335. The van der Waals surface area contributed by atoms with E-state index in [2.05, 4.69) is 36.4 Å². The molecule has 0 aromatic carbocycles. The van der Waals surface area contributed by atoms with Crippen molar-refractivity contribution in [1.82, 2.24) is 20.3 Å². The molecule has 1 unspecified atom stereocenters. The summed E-state index contributed by atoms with van der Waals surface area (Å²) < 4.78 is 1.79. The summed E-state index contributed by atoms with van der Waals surface area (Å²) in [6.07, 6.45) is 8.08. The lowest BCUT2D eigenvalue weighted by Gasteiger charge is -2.32. The molecule has 0 aliphatic heterocycles. The predicted molar refractivity (Wildman–Crippen MR) is 75.5 cm³/mol. The average Bonchev–Trinajstić information content (AvgIpc) is 2.78. The SMILES string of the molecule is CCCCC(CC)(CNCC)Cc1cn(C)nn1. The Morgan fingerprint density at radius 1 is 1.33 bits per heavy atom. The zero-order valence-electron chi connectivity index (χ0n) is 12.4. The van der Waals surface area contributed by atoms with Gasteiger partial charge in [-0.2, -0.15) is 0 Å². The van der Waals surface area contributed by atoms with Crippen molar-refractivity contribution < 1.29 is 0 Å². The number of nitrogens with one attached hydrogen (secondary N) is 1. The molecular formula is C14H28N4. The van der Waals surface area contributed by atoms with Gasteiger partial charge < -0.3 is 5.32 Å². The van der Waals surface area contributed by atoms with E-state index in [0.29, 0.717) is 5.41 Å². The number of aromatic nitrogens is 3. The maximum atomic E-state index is 4.25. The fourth-order valence-electron chi connectivity index (χ4n) is 2.47. The van der Waals surface area contributed by atoms with Gasteiger partial charge in [-0.3, -0.25) is 4.68 Å². The first kappa shape index (κ1) is 15.2. The van der Waals surface area contributed by atoms with E-state index in [1.807, 2.05) is 13.2 Å². The first-order valence-electron chi connectivity index (χ1n) is 7.21. The number of unbranched alkanes of at least 4 members (excludes halogenated alkanes) is 1. The maximum Gasteiger partial charge on any atom is 0.0833 e. The number of rotatable bonds is 9. The van der Waals surface area contributed by atoms with Crippen LogP contribution in [-0.2, 0) is 13.5 Å². The highest BCUT2D eigenvalue weighted by atomic mass is 15.4. The zero-order valence-corrected chi connectivity index (χ0v) is 12.4. The summed E-state index contributed by atoms with van der Waals surface area (Å²) in [6, 6.07) is 0. The fourth-order valence-corrected chi connectivity index (χ4v) is 2.47. The van der Waals surface area contributed by atoms with Crippen LogP contribution in [0.25, 0.3) is 0 Å². The van der Waals surface area contributed by atoms with Crippen molar-refractivity contribution in [2.75, 3.05) is 13.1 Å². The van der Waals surface area contributed by atoms with E-state index in [1.165, 1.54) is 25.7 Å². The summed E-state index contributed by atoms with van der Waals surface area (Å²) in [4.78, 5) is 0.